The predicted molar refractivity (Wildman–Crippen MR) is 152 cm³/mol. The number of rotatable bonds is 6. The fourth-order valence-electron chi connectivity index (χ4n) is 4.47. The van der Waals surface area contributed by atoms with E-state index in [2.05, 4.69) is 94.5 Å². The maximum absolute atomic E-state index is 5.27. The number of anilines is 1. The number of nitrogens with one attached hydrogen (secondary N) is 1. The molecule has 3 heterocycles. The molecular formula is C29H36BrN5O. The summed E-state index contributed by atoms with van der Waals surface area (Å²) in [6.45, 7) is 9.47. The number of methoxy groups -OCH3 is 1. The summed E-state index contributed by atoms with van der Waals surface area (Å²) in [6, 6.07) is 19.3. The molecule has 0 radical (unpaired) electrons. The first kappa shape index (κ1) is 26.2. The highest BCUT2D eigenvalue weighted by atomic mass is 79.9. The average molecular weight is 551 g/mol. The zero-order valence-electron chi connectivity index (χ0n) is 21.7. The van der Waals surface area contributed by atoms with Crippen molar-refractivity contribution in [3.05, 3.63) is 76.4 Å². The second-order valence-corrected chi connectivity index (χ2v) is 10.2. The van der Waals surface area contributed by atoms with Crippen LogP contribution in [0.2, 0.25) is 0 Å². The van der Waals surface area contributed by atoms with Crippen LogP contribution in [0.5, 0.6) is 5.75 Å². The number of piperidine rings is 1. The van der Waals surface area contributed by atoms with Crippen LogP contribution in [0, 0.1) is 6.92 Å². The molecule has 1 aliphatic rings. The van der Waals surface area contributed by atoms with Crippen LogP contribution in [0.3, 0.4) is 0 Å². The molecular weight excluding hydrogens is 514 g/mol. The van der Waals surface area contributed by atoms with Crippen LogP contribution in [0.4, 0.5) is 5.82 Å². The van der Waals surface area contributed by atoms with Gasteiger partial charge >= 0.3 is 0 Å². The highest BCUT2D eigenvalue weighted by Gasteiger charge is 2.21. The molecule has 0 atom stereocenters. The Morgan fingerprint density at radius 3 is 2.42 bits per heavy atom. The summed E-state index contributed by atoms with van der Waals surface area (Å²) < 4.78 is 8.07. The lowest BCUT2D eigenvalue weighted by Crippen LogP contribution is -2.39. The van der Waals surface area contributed by atoms with Gasteiger partial charge in [0.15, 0.2) is 5.65 Å². The van der Waals surface area contributed by atoms with Crippen molar-refractivity contribution in [1.29, 1.82) is 0 Å². The normalized spacial score (nSPS) is 14.4. The Labute approximate surface area is 222 Å². The second-order valence-electron chi connectivity index (χ2n) is 9.32. The molecule has 0 amide bonds. The first-order valence-corrected chi connectivity index (χ1v) is 13.5. The maximum atomic E-state index is 5.27. The summed E-state index contributed by atoms with van der Waals surface area (Å²) in [7, 11) is 1.70. The third-order valence-electron chi connectivity index (χ3n) is 6.35. The summed E-state index contributed by atoms with van der Waals surface area (Å²) in [5, 5.41) is 8.31. The van der Waals surface area contributed by atoms with Gasteiger partial charge in [-0.05, 0) is 59.0 Å². The Kier molecular flexibility index (Phi) is 8.99. The summed E-state index contributed by atoms with van der Waals surface area (Å²) in [4.78, 5) is 7.41. The molecule has 1 aliphatic heterocycles. The number of fused-ring (bicyclic) bond motifs is 1. The molecule has 1 saturated heterocycles. The Bertz CT molecular complexity index is 1260. The lowest BCUT2D eigenvalue weighted by molar-refractivity contribution is 0.211. The first-order valence-electron chi connectivity index (χ1n) is 12.7. The van der Waals surface area contributed by atoms with E-state index < -0.39 is 0 Å². The highest BCUT2D eigenvalue weighted by molar-refractivity contribution is 9.10. The molecule has 7 heteroatoms. The molecule has 1 N–H and O–H groups in total. The van der Waals surface area contributed by atoms with Crippen molar-refractivity contribution in [1.82, 2.24) is 19.5 Å². The smallest absolute Gasteiger partial charge is 0.172 e. The Morgan fingerprint density at radius 1 is 1.06 bits per heavy atom. The van der Waals surface area contributed by atoms with Gasteiger partial charge < -0.3 is 10.1 Å². The van der Waals surface area contributed by atoms with Gasteiger partial charge in [0.1, 0.15) is 11.6 Å². The van der Waals surface area contributed by atoms with E-state index in [0.29, 0.717) is 6.04 Å². The van der Waals surface area contributed by atoms with Crippen LogP contribution in [-0.2, 0) is 6.54 Å². The molecule has 1 fully saturated rings. The second kappa shape index (κ2) is 12.4. The highest BCUT2D eigenvalue weighted by Crippen LogP contribution is 2.29. The minimum absolute atomic E-state index is 0.399. The van der Waals surface area contributed by atoms with Gasteiger partial charge in [-0.15, -0.1) is 0 Å². The van der Waals surface area contributed by atoms with Crippen molar-refractivity contribution in [2.75, 3.05) is 25.5 Å². The van der Waals surface area contributed by atoms with Crippen molar-refractivity contribution in [2.24, 2.45) is 0 Å². The first-order chi connectivity index (χ1) is 17.5. The number of benzene rings is 2. The summed E-state index contributed by atoms with van der Waals surface area (Å²) in [5.41, 5.74) is 5.46. The molecule has 2 aromatic carbocycles. The predicted octanol–water partition coefficient (Wildman–Crippen LogP) is 6.97. The van der Waals surface area contributed by atoms with E-state index in [-0.39, 0.29) is 0 Å². The van der Waals surface area contributed by atoms with Crippen molar-refractivity contribution >= 4 is 27.4 Å². The zero-order valence-corrected chi connectivity index (χ0v) is 23.3. The molecule has 0 aliphatic carbocycles. The zero-order chi connectivity index (χ0) is 25.5. The van der Waals surface area contributed by atoms with Gasteiger partial charge in [-0.2, -0.15) is 9.61 Å². The number of halogens is 1. The molecule has 0 spiro atoms. The minimum atomic E-state index is 0.399. The van der Waals surface area contributed by atoms with Gasteiger partial charge in [-0.1, -0.05) is 56.7 Å². The average Bonchev–Trinajstić information content (AvgIpc) is 3.27. The lowest BCUT2D eigenvalue weighted by Gasteiger charge is -2.33. The van der Waals surface area contributed by atoms with E-state index in [1.165, 1.54) is 17.5 Å². The number of aryl methyl sites for hydroxylation is 1. The van der Waals surface area contributed by atoms with Crippen LogP contribution < -0.4 is 10.1 Å². The molecule has 2 aromatic heterocycles. The third kappa shape index (κ3) is 6.26. The van der Waals surface area contributed by atoms with Crippen LogP contribution in [0.15, 0.2) is 65.3 Å². The number of hydrogen-bond donors (Lipinski definition) is 1. The lowest BCUT2D eigenvalue weighted by atomic mass is 10.0. The molecule has 0 unspecified atom stereocenters. The quantitative estimate of drug-likeness (QED) is 0.281. The number of likely N-dealkylation sites (tertiary alicyclic amines) is 1. The van der Waals surface area contributed by atoms with Gasteiger partial charge in [0, 0.05) is 37.3 Å². The molecule has 0 bridgehead atoms. The number of aromatic nitrogens is 3. The Hall–Kier alpha value is -2.90. The SMILES string of the molecule is CCC.COc1ccc(CN2CCC(Nc3cc(-c4ccccc4C)nc4c(Br)cnn34)CC2)cc1. The fourth-order valence-corrected chi connectivity index (χ4v) is 4.82. The van der Waals surface area contributed by atoms with Crippen LogP contribution in [0.25, 0.3) is 16.9 Å². The van der Waals surface area contributed by atoms with Crippen molar-refractivity contribution in [3.8, 4) is 17.0 Å². The molecule has 190 valence electrons. The number of hydrogen-bond acceptors (Lipinski definition) is 5. The van der Waals surface area contributed by atoms with Crippen LogP contribution in [-0.4, -0.2) is 45.7 Å². The molecule has 0 saturated carbocycles. The van der Waals surface area contributed by atoms with Crippen LogP contribution >= 0.6 is 15.9 Å². The largest absolute Gasteiger partial charge is 0.497 e. The molecule has 4 aromatic rings. The summed E-state index contributed by atoms with van der Waals surface area (Å²) in [5.74, 6) is 1.89. The van der Waals surface area contributed by atoms with Gasteiger partial charge in [0.2, 0.25) is 0 Å². The van der Waals surface area contributed by atoms with Crippen molar-refractivity contribution in [2.45, 2.75) is 52.6 Å². The maximum Gasteiger partial charge on any atom is 0.172 e. The van der Waals surface area contributed by atoms with E-state index in [9.17, 15) is 0 Å². The van der Waals surface area contributed by atoms with E-state index in [1.807, 2.05) is 22.8 Å². The standard InChI is InChI=1S/C26H28BrN5O.C3H8/c1-18-5-3-4-6-22(18)24-15-25(32-26(30-24)23(27)16-28-32)29-20-11-13-31(14-12-20)17-19-7-9-21(33-2)10-8-19;1-3-2/h3-10,15-16,20,29H,11-14,17H2,1-2H3;3H2,1-2H3. The van der Waals surface area contributed by atoms with Gasteiger partial charge in [-0.3, -0.25) is 4.90 Å². The van der Waals surface area contributed by atoms with E-state index >= 15 is 0 Å². The van der Waals surface area contributed by atoms with Gasteiger partial charge in [0.05, 0.1) is 23.5 Å². The van der Waals surface area contributed by atoms with Gasteiger partial charge in [-0.25, -0.2) is 4.98 Å². The summed E-state index contributed by atoms with van der Waals surface area (Å²) in [6.07, 6.45) is 5.23. The molecule has 36 heavy (non-hydrogen) atoms. The third-order valence-corrected chi connectivity index (χ3v) is 6.91. The Morgan fingerprint density at radius 2 is 1.75 bits per heavy atom. The van der Waals surface area contributed by atoms with Crippen molar-refractivity contribution in [3.63, 3.8) is 0 Å². The number of ether oxygens (including phenoxy) is 1. The van der Waals surface area contributed by atoms with E-state index in [1.54, 1.807) is 7.11 Å². The van der Waals surface area contributed by atoms with Crippen LogP contribution in [0.1, 0.15) is 44.2 Å². The van der Waals surface area contributed by atoms with E-state index in [0.717, 1.165) is 65.4 Å². The topological polar surface area (TPSA) is 54.7 Å². The van der Waals surface area contributed by atoms with Crippen molar-refractivity contribution < 1.29 is 4.74 Å². The molecule has 6 nitrogen and oxygen atoms in total. The Balaban J connectivity index is 0.000000967. The monoisotopic (exact) mass is 549 g/mol. The summed E-state index contributed by atoms with van der Waals surface area (Å²) >= 11 is 3.61. The fraction of sp³-hybridized carbons (Fsp3) is 0.379. The molecule has 5 rings (SSSR count). The van der Waals surface area contributed by atoms with Gasteiger partial charge in [0.25, 0.3) is 0 Å². The number of nitrogens with zero attached hydrogens (tertiary/aromatic N) is 4. The van der Waals surface area contributed by atoms with E-state index in [4.69, 9.17) is 9.72 Å². The minimum Gasteiger partial charge on any atom is -0.497 e.